The predicted molar refractivity (Wildman–Crippen MR) is 278 cm³/mol. The molecule has 0 aromatic rings. The molecule has 0 aliphatic heterocycles. The van der Waals surface area contributed by atoms with Crippen LogP contribution in [0.1, 0.15) is 167 Å². The molecule has 20 nitrogen and oxygen atoms in total. The van der Waals surface area contributed by atoms with E-state index in [-0.39, 0.29) is 37.3 Å². The zero-order valence-corrected chi connectivity index (χ0v) is 46.4. The zero-order valence-electron chi connectivity index (χ0n) is 46.4. The number of methoxy groups -OCH3 is 2. The second-order valence-electron chi connectivity index (χ2n) is 27.3. The molecule has 0 radical (unpaired) electrons. The number of carbonyl (C=O) groups excluding carboxylic acids is 6. The third-order valence-corrected chi connectivity index (χ3v) is 21.0. The van der Waals surface area contributed by atoms with Crippen molar-refractivity contribution in [3.63, 3.8) is 0 Å². The fourth-order valence-corrected chi connectivity index (χ4v) is 20.1. The van der Waals surface area contributed by atoms with Crippen LogP contribution in [0, 0.1) is 92.7 Å². The summed E-state index contributed by atoms with van der Waals surface area (Å²) in [6, 6.07) is 0. The van der Waals surface area contributed by atoms with Crippen LogP contribution in [0.2, 0.25) is 0 Å². The van der Waals surface area contributed by atoms with E-state index in [1.165, 1.54) is 168 Å². The van der Waals surface area contributed by atoms with Gasteiger partial charge in [0, 0.05) is 25.0 Å². The molecule has 0 saturated heterocycles. The third kappa shape index (κ3) is 14.9. The first kappa shape index (κ1) is 56.8. The van der Waals surface area contributed by atoms with Crippen molar-refractivity contribution in [1.82, 2.24) is 0 Å². The van der Waals surface area contributed by atoms with Crippen molar-refractivity contribution in [3.8, 4) is 0 Å². The van der Waals surface area contributed by atoms with Crippen LogP contribution < -0.4 is 0 Å². The number of hydrogen-bond donors (Lipinski definition) is 0. The molecule has 0 N–H and O–H groups in total. The van der Waals surface area contributed by atoms with Gasteiger partial charge in [-0.2, -0.15) is 0 Å². The molecule has 6 amide bonds. The number of azo groups is 3. The summed E-state index contributed by atoms with van der Waals surface area (Å²) in [5.41, 5.74) is 1.06. The van der Waals surface area contributed by atoms with Crippen molar-refractivity contribution < 1.29 is 66.7 Å². The van der Waals surface area contributed by atoms with Gasteiger partial charge in [-0.15, -0.1) is 0 Å². The number of carbonyl (C=O) groups is 6. The van der Waals surface area contributed by atoms with Gasteiger partial charge in [0.25, 0.3) is 0 Å². The van der Waals surface area contributed by atoms with Gasteiger partial charge in [0.2, 0.25) is 0 Å². The molecule has 0 spiro atoms. The molecule has 16 rings (SSSR count). The predicted octanol–water partition coefficient (Wildman–Crippen LogP) is 14.1. The lowest BCUT2D eigenvalue weighted by Crippen LogP contribution is -2.48. The SMILES string of the molecule is COCCOC(=O)N=NC(=O)OCCOC.O=C(N=NC(=O)OCC12CC3CC(CC(C3)C1)C2)OCC12CC3CC(CC(C3)C1)C2.O=C(N=NC(=O)OCCC12CC3CC(CC(C3)C1)C2)OCCC12CC3CC(CC(C3)C1)C2. The average Bonchev–Trinajstić information content (AvgIpc) is 3.55. The quantitative estimate of drug-likeness (QED) is 0.0792. The van der Waals surface area contributed by atoms with Gasteiger partial charge in [-0.1, -0.05) is 30.7 Å². The van der Waals surface area contributed by atoms with Gasteiger partial charge in [-0.25, -0.2) is 28.8 Å². The molecule has 16 aliphatic carbocycles. The largest absolute Gasteiger partial charge is 0.452 e. The van der Waals surface area contributed by atoms with E-state index >= 15 is 0 Å². The van der Waals surface area contributed by atoms with Crippen LogP contribution in [0.3, 0.4) is 0 Å². The summed E-state index contributed by atoms with van der Waals surface area (Å²) in [7, 11) is 2.92. The fraction of sp³-hybridized carbons (Fsp3) is 0.897. The van der Waals surface area contributed by atoms with Crippen molar-refractivity contribution in [2.45, 2.75) is 167 Å². The van der Waals surface area contributed by atoms with Gasteiger partial charge < -0.3 is 37.9 Å². The molecule has 16 aliphatic rings. The highest BCUT2D eigenvalue weighted by Crippen LogP contribution is 2.64. The number of amides is 6. The Morgan fingerprint density at radius 1 is 0.282 bits per heavy atom. The second kappa shape index (κ2) is 25.1. The Morgan fingerprint density at radius 3 is 0.692 bits per heavy atom. The summed E-state index contributed by atoms with van der Waals surface area (Å²) < 4.78 is 39.7. The van der Waals surface area contributed by atoms with Crippen molar-refractivity contribution in [2.75, 3.05) is 67.1 Å². The van der Waals surface area contributed by atoms with Crippen LogP contribution in [0.5, 0.6) is 0 Å². The molecule has 20 heteroatoms. The third-order valence-electron chi connectivity index (χ3n) is 21.0. The second-order valence-corrected chi connectivity index (χ2v) is 27.3. The molecular weight excluding hydrogens is 1000 g/mol. The minimum atomic E-state index is -0.972. The van der Waals surface area contributed by atoms with Crippen molar-refractivity contribution in [1.29, 1.82) is 0 Å². The van der Waals surface area contributed by atoms with Gasteiger partial charge in [0.1, 0.15) is 13.2 Å². The molecule has 0 unspecified atom stereocenters. The maximum atomic E-state index is 12.1. The summed E-state index contributed by atoms with van der Waals surface area (Å²) in [6.07, 6.45) is 28.4. The molecule has 78 heavy (non-hydrogen) atoms. The monoisotopic (exact) mass is 1090 g/mol. The smallest absolute Gasteiger partial charge is 0.447 e. The number of nitrogens with zero attached hydrogens (tertiary/aromatic N) is 6. The fourth-order valence-electron chi connectivity index (χ4n) is 20.1. The Bertz CT molecular complexity index is 1960. The lowest BCUT2D eigenvalue weighted by atomic mass is 9.49. The normalized spacial score (nSPS) is 39.2. The Labute approximate surface area is 459 Å². The van der Waals surface area contributed by atoms with E-state index < -0.39 is 36.6 Å². The first-order chi connectivity index (χ1) is 37.6. The van der Waals surface area contributed by atoms with E-state index in [2.05, 4.69) is 49.6 Å². The first-order valence-electron chi connectivity index (χ1n) is 29.9. The van der Waals surface area contributed by atoms with E-state index in [0.29, 0.717) is 37.3 Å². The van der Waals surface area contributed by atoms with Crippen LogP contribution in [-0.4, -0.2) is 104 Å². The highest BCUT2D eigenvalue weighted by Gasteiger charge is 2.54. The maximum Gasteiger partial charge on any atom is 0.452 e. The summed E-state index contributed by atoms with van der Waals surface area (Å²) in [5.74, 6) is 10.3. The number of hydrogen-bond acceptors (Lipinski definition) is 14. The molecule has 16 bridgehead atoms. The summed E-state index contributed by atoms with van der Waals surface area (Å²) in [6.45, 7) is 2.21. The van der Waals surface area contributed by atoms with E-state index in [0.717, 1.165) is 83.9 Å². The Morgan fingerprint density at radius 2 is 0.474 bits per heavy atom. The zero-order chi connectivity index (χ0) is 54.3. The van der Waals surface area contributed by atoms with Crippen molar-refractivity contribution in [2.24, 2.45) is 123 Å². The van der Waals surface area contributed by atoms with Crippen LogP contribution in [0.4, 0.5) is 28.8 Å². The van der Waals surface area contributed by atoms with Gasteiger partial charge >= 0.3 is 36.6 Å². The van der Waals surface area contributed by atoms with Gasteiger partial charge in [0.05, 0.1) is 39.6 Å². The van der Waals surface area contributed by atoms with E-state index in [1.54, 1.807) is 0 Å². The lowest BCUT2D eigenvalue weighted by molar-refractivity contribution is -0.0820. The molecule has 16 saturated carbocycles. The molecule has 0 atom stereocenters. The standard InChI is InChI=1S/C26H38N2O4.C24H34N2O4.C8H14N2O6/c29-23(31-3-1-25-11-17-5-18(12-25)7-19(6-17)13-25)27-28-24(30)32-4-2-26-14-20-8-21(15-26)10-22(9-20)16-26;27-21(29-13-23-7-15-1-16(8-23)3-17(2-15)9-23)25-26-22(28)30-14-24-10-18-4-19(11-24)6-20(5-18)12-24;1-13-3-5-15-7(11)9-10-8(12)16-6-4-14-2/h17-22H,1-16H2;15-20H,1-14H2;3-6H2,1-2H3. The molecule has 0 heterocycles. The van der Waals surface area contributed by atoms with Crippen LogP contribution in [0.15, 0.2) is 30.7 Å². The Balaban J connectivity index is 0.000000140. The highest BCUT2D eigenvalue weighted by molar-refractivity contribution is 5.74. The molecule has 16 fully saturated rings. The van der Waals surface area contributed by atoms with E-state index in [1.807, 2.05) is 0 Å². The van der Waals surface area contributed by atoms with Gasteiger partial charge in [-0.05, 0) is 249 Å². The number of ether oxygens (including phenoxy) is 8. The molecule has 432 valence electrons. The Kier molecular flexibility index (Phi) is 18.3. The van der Waals surface area contributed by atoms with E-state index in [4.69, 9.17) is 18.9 Å². The van der Waals surface area contributed by atoms with Crippen molar-refractivity contribution in [3.05, 3.63) is 0 Å². The average molecular weight is 1090 g/mol. The topological polar surface area (TPSA) is 250 Å². The summed E-state index contributed by atoms with van der Waals surface area (Å²) >= 11 is 0. The van der Waals surface area contributed by atoms with E-state index in [9.17, 15) is 28.8 Å². The molecule has 0 aromatic carbocycles. The minimum Gasteiger partial charge on any atom is -0.447 e. The van der Waals surface area contributed by atoms with Gasteiger partial charge in [0.15, 0.2) is 0 Å². The molecule has 0 aromatic heterocycles. The van der Waals surface area contributed by atoms with Crippen LogP contribution in [0.25, 0.3) is 0 Å². The Hall–Kier alpha value is -4.46. The lowest BCUT2D eigenvalue weighted by Gasteiger charge is -2.57. The minimum absolute atomic E-state index is 0.0487. The van der Waals surface area contributed by atoms with Crippen molar-refractivity contribution >= 4 is 36.6 Å². The summed E-state index contributed by atoms with van der Waals surface area (Å²) in [5, 5.41) is 19.8. The summed E-state index contributed by atoms with van der Waals surface area (Å²) in [4.78, 5) is 69.6. The van der Waals surface area contributed by atoms with Crippen LogP contribution in [-0.2, 0) is 37.9 Å². The molecular formula is C58H86N6O14. The van der Waals surface area contributed by atoms with Crippen LogP contribution >= 0.6 is 0 Å². The van der Waals surface area contributed by atoms with Gasteiger partial charge in [-0.3, -0.25) is 0 Å². The number of rotatable bonds is 16. The first-order valence-corrected chi connectivity index (χ1v) is 29.9. The maximum absolute atomic E-state index is 12.1. The highest BCUT2D eigenvalue weighted by atomic mass is 16.6.